The number of ether oxygens (including phenoxy) is 2. The van der Waals surface area contributed by atoms with Gasteiger partial charge in [0, 0.05) is 18.1 Å². The molecular formula is C17H27NO6Si. The molecule has 0 spiro atoms. The quantitative estimate of drug-likeness (QED) is 0.470. The maximum Gasteiger partial charge on any atom is 0.269 e. The predicted molar refractivity (Wildman–Crippen MR) is 96.0 cm³/mol. The van der Waals surface area contributed by atoms with Crippen molar-refractivity contribution < 1.29 is 23.9 Å². The van der Waals surface area contributed by atoms with Gasteiger partial charge in [-0.05, 0) is 37.7 Å². The molecule has 1 aromatic carbocycles. The van der Waals surface area contributed by atoms with E-state index in [2.05, 4.69) is 19.6 Å². The number of non-ortho nitro benzene ring substituents is 1. The summed E-state index contributed by atoms with van der Waals surface area (Å²) in [7, 11) is -1.72. The Morgan fingerprint density at radius 2 is 1.80 bits per heavy atom. The Morgan fingerprint density at radius 1 is 1.20 bits per heavy atom. The first kappa shape index (κ1) is 19.8. The summed E-state index contributed by atoms with van der Waals surface area (Å²) in [4.78, 5) is 10.3. The Balaban J connectivity index is 2.06. The molecule has 1 aliphatic rings. The van der Waals surface area contributed by atoms with Crippen molar-refractivity contribution in [2.24, 2.45) is 11.8 Å². The molecule has 0 amide bonds. The van der Waals surface area contributed by atoms with Crippen LogP contribution in [0, 0.1) is 22.0 Å². The van der Waals surface area contributed by atoms with Gasteiger partial charge in [-0.3, -0.25) is 10.1 Å². The summed E-state index contributed by atoms with van der Waals surface area (Å²) >= 11 is 0. The zero-order valence-electron chi connectivity index (χ0n) is 15.3. The molecule has 0 bridgehead atoms. The fraction of sp³-hybridized carbons (Fsp3) is 0.647. The predicted octanol–water partition coefficient (Wildman–Crippen LogP) is 3.18. The summed E-state index contributed by atoms with van der Waals surface area (Å²) in [5.41, 5.74) is 0.00941. The van der Waals surface area contributed by atoms with Gasteiger partial charge in [-0.15, -0.1) is 0 Å². The Kier molecular flexibility index (Phi) is 6.20. The highest BCUT2D eigenvalue weighted by Gasteiger charge is 2.42. The number of hydrogen-bond acceptors (Lipinski definition) is 6. The zero-order valence-corrected chi connectivity index (χ0v) is 16.3. The van der Waals surface area contributed by atoms with E-state index in [1.165, 1.54) is 12.1 Å². The van der Waals surface area contributed by atoms with Gasteiger partial charge < -0.3 is 19.0 Å². The highest BCUT2D eigenvalue weighted by molar-refractivity contribution is 6.69. The van der Waals surface area contributed by atoms with Gasteiger partial charge in [0.25, 0.3) is 5.69 Å². The fourth-order valence-electron chi connectivity index (χ4n) is 2.66. The number of benzene rings is 1. The fourth-order valence-corrected chi connectivity index (χ4v) is 3.32. The van der Waals surface area contributed by atoms with E-state index >= 15 is 0 Å². The van der Waals surface area contributed by atoms with Crippen LogP contribution in [-0.2, 0) is 9.16 Å². The van der Waals surface area contributed by atoms with Gasteiger partial charge in [0.2, 0.25) is 6.29 Å². The number of nitrogens with zero attached hydrogens (tertiary/aromatic N) is 1. The van der Waals surface area contributed by atoms with Crippen LogP contribution in [0.4, 0.5) is 5.69 Å². The van der Waals surface area contributed by atoms with Crippen LogP contribution < -0.4 is 4.74 Å². The SMILES string of the molecule is C[C@@H]1[C@@H](Oc2ccc([N+](=O)[O-])cc2)O[C@H](CO[Si](C)(C)C)[C@@H](O)[C@@H]1C. The van der Waals surface area contributed by atoms with Crippen molar-refractivity contribution in [1.82, 2.24) is 0 Å². The average Bonchev–Trinajstić information content (AvgIpc) is 2.54. The molecule has 140 valence electrons. The van der Waals surface area contributed by atoms with Crippen molar-refractivity contribution in [2.75, 3.05) is 6.61 Å². The second-order valence-electron chi connectivity index (χ2n) is 7.54. The third kappa shape index (κ3) is 5.24. The van der Waals surface area contributed by atoms with Gasteiger partial charge in [0.1, 0.15) is 11.9 Å². The van der Waals surface area contributed by atoms with Crippen LogP contribution in [0.1, 0.15) is 13.8 Å². The molecule has 0 aliphatic carbocycles. The van der Waals surface area contributed by atoms with E-state index in [0.717, 1.165) is 0 Å². The van der Waals surface area contributed by atoms with E-state index in [4.69, 9.17) is 13.9 Å². The van der Waals surface area contributed by atoms with Crippen LogP contribution in [0.25, 0.3) is 0 Å². The van der Waals surface area contributed by atoms with Crippen LogP contribution in [0.3, 0.4) is 0 Å². The number of aliphatic hydroxyl groups is 1. The van der Waals surface area contributed by atoms with Crippen molar-refractivity contribution in [3.8, 4) is 5.75 Å². The first-order chi connectivity index (χ1) is 11.6. The van der Waals surface area contributed by atoms with E-state index < -0.39 is 31.7 Å². The van der Waals surface area contributed by atoms with Crippen LogP contribution in [0.2, 0.25) is 19.6 Å². The Hall–Kier alpha value is -1.48. The second-order valence-corrected chi connectivity index (χ2v) is 12.1. The molecule has 25 heavy (non-hydrogen) atoms. The normalized spacial score (nSPS) is 30.1. The minimum Gasteiger partial charge on any atom is -0.465 e. The van der Waals surface area contributed by atoms with Crippen molar-refractivity contribution in [2.45, 2.75) is 52.0 Å². The molecular weight excluding hydrogens is 342 g/mol. The van der Waals surface area contributed by atoms with E-state index in [-0.39, 0.29) is 17.5 Å². The molecule has 5 atom stereocenters. The highest BCUT2D eigenvalue weighted by atomic mass is 28.4. The average molecular weight is 369 g/mol. The lowest BCUT2D eigenvalue weighted by Crippen LogP contribution is -2.53. The number of aliphatic hydroxyl groups excluding tert-OH is 1. The molecule has 0 unspecified atom stereocenters. The first-order valence-corrected chi connectivity index (χ1v) is 11.9. The third-order valence-corrected chi connectivity index (χ3v) is 5.50. The number of nitro groups is 1. The largest absolute Gasteiger partial charge is 0.465 e. The van der Waals surface area contributed by atoms with E-state index in [0.29, 0.717) is 12.4 Å². The van der Waals surface area contributed by atoms with E-state index in [9.17, 15) is 15.2 Å². The molecule has 0 saturated carbocycles. The molecule has 1 aliphatic heterocycles. The second kappa shape index (κ2) is 7.82. The minimum atomic E-state index is -1.72. The molecule has 8 heteroatoms. The summed E-state index contributed by atoms with van der Waals surface area (Å²) in [6, 6.07) is 5.90. The van der Waals surface area contributed by atoms with Crippen LogP contribution in [0.5, 0.6) is 5.75 Å². The summed E-state index contributed by atoms with van der Waals surface area (Å²) < 4.78 is 17.7. The molecule has 0 aromatic heterocycles. The molecule has 1 N–H and O–H groups in total. The van der Waals surface area contributed by atoms with Gasteiger partial charge >= 0.3 is 0 Å². The molecule has 1 aromatic rings. The lowest BCUT2D eigenvalue weighted by atomic mass is 9.85. The van der Waals surface area contributed by atoms with E-state index in [1.807, 2.05) is 13.8 Å². The monoisotopic (exact) mass is 369 g/mol. The molecule has 1 heterocycles. The minimum absolute atomic E-state index is 0.00941. The standard InChI is InChI=1S/C17H27NO6Si/c1-11-12(2)17(23-14-8-6-13(7-9-14)18(20)21)24-15(16(11)19)10-22-25(3,4)5/h6-9,11-12,15-17,19H,10H2,1-5H3/t11-,12+,15-,16+,17+/m1/s1. The smallest absolute Gasteiger partial charge is 0.269 e. The summed E-state index contributed by atoms with van der Waals surface area (Å²) in [6.45, 7) is 10.5. The molecule has 1 fully saturated rings. The summed E-state index contributed by atoms with van der Waals surface area (Å²) in [5, 5.41) is 21.2. The molecule has 1 saturated heterocycles. The van der Waals surface area contributed by atoms with Crippen molar-refractivity contribution in [3.05, 3.63) is 34.4 Å². The Bertz CT molecular complexity index is 588. The van der Waals surface area contributed by atoms with Crippen LogP contribution in [0.15, 0.2) is 24.3 Å². The van der Waals surface area contributed by atoms with Gasteiger partial charge in [0.05, 0.1) is 17.6 Å². The number of nitro benzene ring substituents is 1. The zero-order chi connectivity index (χ0) is 18.8. The van der Waals surface area contributed by atoms with Crippen molar-refractivity contribution in [1.29, 1.82) is 0 Å². The Morgan fingerprint density at radius 3 is 2.32 bits per heavy atom. The van der Waals surface area contributed by atoms with Gasteiger partial charge in [0.15, 0.2) is 8.32 Å². The van der Waals surface area contributed by atoms with Gasteiger partial charge in [-0.25, -0.2) is 0 Å². The van der Waals surface area contributed by atoms with Crippen molar-refractivity contribution >= 4 is 14.0 Å². The maximum atomic E-state index is 10.7. The first-order valence-electron chi connectivity index (χ1n) is 8.47. The molecule has 7 nitrogen and oxygen atoms in total. The summed E-state index contributed by atoms with van der Waals surface area (Å²) in [6.07, 6.45) is -1.63. The number of hydrogen-bond donors (Lipinski definition) is 1. The number of rotatable bonds is 6. The van der Waals surface area contributed by atoms with Crippen LogP contribution >= 0.6 is 0 Å². The van der Waals surface area contributed by atoms with Crippen molar-refractivity contribution in [3.63, 3.8) is 0 Å². The lowest BCUT2D eigenvalue weighted by molar-refractivity contribution is -0.384. The highest BCUT2D eigenvalue weighted by Crippen LogP contribution is 2.33. The maximum absolute atomic E-state index is 10.7. The van der Waals surface area contributed by atoms with E-state index in [1.54, 1.807) is 12.1 Å². The Labute approximate surface area is 149 Å². The van der Waals surface area contributed by atoms with Gasteiger partial charge in [-0.2, -0.15) is 0 Å². The topological polar surface area (TPSA) is 91.1 Å². The lowest BCUT2D eigenvalue weighted by Gasteiger charge is -2.42. The van der Waals surface area contributed by atoms with Crippen LogP contribution in [-0.4, -0.2) is 43.5 Å². The molecule has 0 radical (unpaired) electrons. The summed E-state index contributed by atoms with van der Waals surface area (Å²) in [5.74, 6) is 0.441. The molecule has 2 rings (SSSR count). The van der Waals surface area contributed by atoms with Gasteiger partial charge in [-0.1, -0.05) is 13.8 Å². The third-order valence-electron chi connectivity index (χ3n) is 4.47.